The van der Waals surface area contributed by atoms with Crippen molar-refractivity contribution in [1.29, 1.82) is 0 Å². The number of para-hydroxylation sites is 1. The van der Waals surface area contributed by atoms with Gasteiger partial charge in [-0.25, -0.2) is 4.79 Å². The van der Waals surface area contributed by atoms with Crippen LogP contribution in [0, 0.1) is 0 Å². The van der Waals surface area contributed by atoms with E-state index in [0.717, 1.165) is 0 Å². The van der Waals surface area contributed by atoms with E-state index < -0.39 is 20.2 Å². The summed E-state index contributed by atoms with van der Waals surface area (Å²) in [6.07, 6.45) is 0. The summed E-state index contributed by atoms with van der Waals surface area (Å²) in [6, 6.07) is 7.93. The molecule has 100 valence electrons. The van der Waals surface area contributed by atoms with Crippen LogP contribution in [-0.2, 0) is 4.79 Å². The van der Waals surface area contributed by atoms with E-state index in [1.165, 1.54) is 12.1 Å². The predicted molar refractivity (Wildman–Crippen MR) is 73.2 cm³/mol. The second-order valence-electron chi connectivity index (χ2n) is 3.24. The predicted octanol–water partition coefficient (Wildman–Crippen LogP) is 4.06. The minimum atomic E-state index is -2.52. The van der Waals surface area contributed by atoms with Gasteiger partial charge in [0.05, 0.1) is 0 Å². The Labute approximate surface area is 128 Å². The molecular weight excluding hydrogens is 345 g/mol. The van der Waals surface area contributed by atoms with Gasteiger partial charge in [-0.2, -0.15) is 0 Å². The van der Waals surface area contributed by atoms with E-state index in [1.54, 1.807) is 18.2 Å². The summed E-state index contributed by atoms with van der Waals surface area (Å²) in [5, 5.41) is 6.61. The van der Waals surface area contributed by atoms with Gasteiger partial charge in [-0.1, -0.05) is 53.0 Å². The molecule has 0 aliphatic carbocycles. The number of hydrogen-bond acceptors (Lipinski definition) is 2. The molecule has 0 aliphatic rings. The molecule has 0 aromatic heterocycles. The Morgan fingerprint density at radius 1 is 1.17 bits per heavy atom. The SMILES string of the molecule is O=C(O)C(Cl)(Oc1ccccc1)C(Cl)(Cl)C(Cl)Cl. The van der Waals surface area contributed by atoms with Gasteiger partial charge in [0.25, 0.3) is 0 Å². The summed E-state index contributed by atoms with van der Waals surface area (Å²) in [6.45, 7) is 0. The fourth-order valence-corrected chi connectivity index (χ4v) is 1.90. The van der Waals surface area contributed by atoms with Gasteiger partial charge in [-0.15, -0.1) is 23.2 Å². The summed E-state index contributed by atoms with van der Waals surface area (Å²) in [4.78, 5) is 9.76. The van der Waals surface area contributed by atoms with Gasteiger partial charge in [0.1, 0.15) is 10.6 Å². The van der Waals surface area contributed by atoms with Gasteiger partial charge in [0.2, 0.25) is 4.33 Å². The zero-order valence-corrected chi connectivity index (χ0v) is 12.4. The molecule has 1 rings (SSSR count). The number of benzene rings is 1. The fourth-order valence-electron chi connectivity index (χ4n) is 1.05. The first kappa shape index (κ1) is 16.0. The minimum Gasteiger partial charge on any atom is -0.477 e. The number of ether oxygens (including phenoxy) is 1. The van der Waals surface area contributed by atoms with Gasteiger partial charge in [0.15, 0.2) is 0 Å². The van der Waals surface area contributed by atoms with Crippen molar-refractivity contribution in [2.45, 2.75) is 14.2 Å². The van der Waals surface area contributed by atoms with Crippen molar-refractivity contribution in [2.75, 3.05) is 0 Å². The van der Waals surface area contributed by atoms with Crippen LogP contribution in [0.1, 0.15) is 0 Å². The molecule has 0 spiro atoms. The van der Waals surface area contributed by atoms with E-state index in [1.807, 2.05) is 0 Å². The number of rotatable bonds is 5. The number of hydrogen-bond donors (Lipinski definition) is 1. The quantitative estimate of drug-likeness (QED) is 0.813. The highest BCUT2D eigenvalue weighted by atomic mass is 35.5. The van der Waals surface area contributed by atoms with Crippen LogP contribution >= 0.6 is 58.0 Å². The first-order chi connectivity index (χ1) is 8.22. The van der Waals surface area contributed by atoms with Crippen LogP contribution in [0.2, 0.25) is 0 Å². The lowest BCUT2D eigenvalue weighted by molar-refractivity contribution is -0.148. The van der Waals surface area contributed by atoms with Crippen LogP contribution in [-0.4, -0.2) is 25.3 Å². The molecule has 0 aliphatic heterocycles. The van der Waals surface area contributed by atoms with Crippen molar-refractivity contribution in [3.05, 3.63) is 30.3 Å². The van der Waals surface area contributed by atoms with E-state index >= 15 is 0 Å². The second kappa shape index (κ2) is 5.93. The van der Waals surface area contributed by atoms with Crippen molar-refractivity contribution >= 4 is 64.0 Å². The number of aliphatic carboxylic acids is 1. The normalized spacial score (nSPS) is 15.2. The lowest BCUT2D eigenvalue weighted by Crippen LogP contribution is -2.56. The molecule has 1 N–H and O–H groups in total. The molecule has 8 heteroatoms. The maximum atomic E-state index is 11.2. The number of halogens is 5. The highest BCUT2D eigenvalue weighted by Crippen LogP contribution is 2.46. The highest BCUT2D eigenvalue weighted by molar-refractivity contribution is 6.64. The average molecular weight is 352 g/mol. The van der Waals surface area contributed by atoms with Gasteiger partial charge in [-0.05, 0) is 12.1 Å². The first-order valence-corrected chi connectivity index (χ1v) is 6.55. The molecule has 0 amide bonds. The first-order valence-electron chi connectivity index (χ1n) is 4.54. The third-order valence-corrected chi connectivity index (χ3v) is 4.78. The standard InChI is InChI=1S/C10H7Cl5O3/c11-7(12)9(13,14)10(15,8(16)17)18-6-4-2-1-3-5-6/h1-5,7H,(H,16,17). The monoisotopic (exact) mass is 350 g/mol. The Kier molecular flexibility index (Phi) is 5.27. The summed E-state index contributed by atoms with van der Waals surface area (Å²) in [7, 11) is 0. The van der Waals surface area contributed by atoms with Crippen molar-refractivity contribution in [1.82, 2.24) is 0 Å². The molecule has 1 atom stereocenters. The topological polar surface area (TPSA) is 46.5 Å². The fraction of sp³-hybridized carbons (Fsp3) is 0.300. The van der Waals surface area contributed by atoms with Crippen LogP contribution in [0.5, 0.6) is 5.75 Å². The maximum absolute atomic E-state index is 11.2. The van der Waals surface area contributed by atoms with E-state index in [4.69, 9.17) is 67.8 Å². The molecule has 0 bridgehead atoms. The lowest BCUT2D eigenvalue weighted by atomic mass is 10.2. The Bertz CT molecular complexity index is 423. The van der Waals surface area contributed by atoms with E-state index in [9.17, 15) is 4.79 Å². The van der Waals surface area contributed by atoms with Crippen LogP contribution in [0.15, 0.2) is 30.3 Å². The minimum absolute atomic E-state index is 0.162. The molecular formula is C10H7Cl5O3. The zero-order chi connectivity index (χ0) is 14.0. The lowest BCUT2D eigenvalue weighted by Gasteiger charge is -2.35. The molecule has 1 unspecified atom stereocenters. The largest absolute Gasteiger partial charge is 0.477 e. The highest BCUT2D eigenvalue weighted by Gasteiger charge is 2.61. The molecule has 3 nitrogen and oxygen atoms in total. The summed E-state index contributed by atoms with van der Waals surface area (Å²) in [5.74, 6) is -1.45. The smallest absolute Gasteiger partial charge is 0.367 e. The van der Waals surface area contributed by atoms with Crippen molar-refractivity contribution in [3.63, 3.8) is 0 Å². The molecule has 1 aromatic rings. The molecule has 0 fully saturated rings. The van der Waals surface area contributed by atoms with Gasteiger partial charge in [-0.3, -0.25) is 0 Å². The van der Waals surface area contributed by atoms with Gasteiger partial charge < -0.3 is 9.84 Å². The van der Waals surface area contributed by atoms with Crippen LogP contribution in [0.4, 0.5) is 0 Å². The van der Waals surface area contributed by atoms with Crippen molar-refractivity contribution < 1.29 is 14.6 Å². The summed E-state index contributed by atoms with van der Waals surface area (Å²) >= 11 is 28.5. The van der Waals surface area contributed by atoms with Gasteiger partial charge in [0, 0.05) is 0 Å². The summed E-state index contributed by atoms with van der Waals surface area (Å²) < 4.78 is 2.87. The van der Waals surface area contributed by atoms with Crippen LogP contribution in [0.3, 0.4) is 0 Å². The third kappa shape index (κ3) is 3.09. The second-order valence-corrected chi connectivity index (χ2v) is 6.25. The van der Waals surface area contributed by atoms with Crippen LogP contribution < -0.4 is 4.74 Å². The molecule has 1 aromatic carbocycles. The average Bonchev–Trinajstić information content (AvgIpc) is 2.29. The maximum Gasteiger partial charge on any atom is 0.367 e. The van der Waals surface area contributed by atoms with Crippen molar-refractivity contribution in [2.24, 2.45) is 0 Å². The van der Waals surface area contributed by atoms with E-state index in [2.05, 4.69) is 0 Å². The Balaban J connectivity index is 3.13. The molecule has 0 heterocycles. The molecule has 0 saturated carbocycles. The molecule has 18 heavy (non-hydrogen) atoms. The molecule has 0 saturated heterocycles. The summed E-state index contributed by atoms with van der Waals surface area (Å²) in [5.41, 5.74) is 0. The van der Waals surface area contributed by atoms with Crippen LogP contribution in [0.25, 0.3) is 0 Å². The van der Waals surface area contributed by atoms with E-state index in [-0.39, 0.29) is 5.75 Å². The number of carbonyl (C=O) groups is 1. The zero-order valence-electron chi connectivity index (χ0n) is 8.62. The molecule has 0 radical (unpaired) electrons. The Morgan fingerprint density at radius 3 is 2.06 bits per heavy atom. The number of carboxylic acids is 1. The van der Waals surface area contributed by atoms with E-state index in [0.29, 0.717) is 0 Å². The third-order valence-electron chi connectivity index (χ3n) is 1.98. The number of carboxylic acid groups (broad SMARTS) is 1. The Morgan fingerprint density at radius 2 is 1.67 bits per heavy atom. The number of alkyl halides is 5. The van der Waals surface area contributed by atoms with Gasteiger partial charge >= 0.3 is 11.0 Å². The van der Waals surface area contributed by atoms with Crippen molar-refractivity contribution in [3.8, 4) is 5.75 Å². The Hall–Kier alpha value is -0.0600.